The summed E-state index contributed by atoms with van der Waals surface area (Å²) in [6.45, 7) is 0. The molecule has 0 bridgehead atoms. The van der Waals surface area contributed by atoms with Crippen molar-refractivity contribution in [2.45, 2.75) is 0 Å². The van der Waals surface area contributed by atoms with Crippen molar-refractivity contribution in [3.05, 3.63) is 52.4 Å². The van der Waals surface area contributed by atoms with Crippen LogP contribution in [0.2, 0.25) is 0 Å². The summed E-state index contributed by atoms with van der Waals surface area (Å²) in [5.74, 6) is -1.26. The zero-order valence-electron chi connectivity index (χ0n) is 8.18. The predicted molar refractivity (Wildman–Crippen MR) is 57.3 cm³/mol. The molecule has 2 N–H and O–H groups in total. The van der Waals surface area contributed by atoms with E-state index in [0.29, 0.717) is 11.1 Å². The fraction of sp³-hybridized carbons (Fsp3) is 0. The Bertz CT molecular complexity index is 575. The SMILES string of the molecule is O=C(O)c1c(-c2ccccc2)cn[nH]c1=O. The van der Waals surface area contributed by atoms with Crippen LogP contribution in [0.4, 0.5) is 0 Å². The Morgan fingerprint density at radius 2 is 1.94 bits per heavy atom. The molecule has 5 heteroatoms. The van der Waals surface area contributed by atoms with Gasteiger partial charge in [0.25, 0.3) is 5.56 Å². The quantitative estimate of drug-likeness (QED) is 0.788. The Kier molecular flexibility index (Phi) is 2.51. The van der Waals surface area contributed by atoms with Crippen LogP contribution < -0.4 is 5.56 Å². The van der Waals surface area contributed by atoms with Crippen molar-refractivity contribution in [2.75, 3.05) is 0 Å². The molecule has 2 aromatic rings. The van der Waals surface area contributed by atoms with E-state index in [1.165, 1.54) is 6.20 Å². The first kappa shape index (κ1) is 10.1. The van der Waals surface area contributed by atoms with Crippen LogP contribution in [0.5, 0.6) is 0 Å². The average Bonchev–Trinajstić information content (AvgIpc) is 2.29. The minimum Gasteiger partial charge on any atom is -0.477 e. The van der Waals surface area contributed by atoms with Crippen molar-refractivity contribution in [1.29, 1.82) is 0 Å². The lowest BCUT2D eigenvalue weighted by Crippen LogP contribution is -2.19. The number of hydrogen-bond acceptors (Lipinski definition) is 3. The smallest absolute Gasteiger partial charge is 0.342 e. The number of rotatable bonds is 2. The number of H-pyrrole nitrogens is 1. The third-order valence-corrected chi connectivity index (χ3v) is 2.15. The normalized spacial score (nSPS) is 10.0. The van der Waals surface area contributed by atoms with Crippen LogP contribution in [0.15, 0.2) is 41.3 Å². The number of hydrogen-bond donors (Lipinski definition) is 2. The summed E-state index contributed by atoms with van der Waals surface area (Å²) in [4.78, 5) is 22.3. The molecule has 1 aromatic carbocycles. The molecule has 1 heterocycles. The van der Waals surface area contributed by atoms with Gasteiger partial charge < -0.3 is 5.11 Å². The molecule has 0 aliphatic heterocycles. The summed E-state index contributed by atoms with van der Waals surface area (Å²) in [6.07, 6.45) is 1.33. The van der Waals surface area contributed by atoms with Crippen LogP contribution in [0.3, 0.4) is 0 Å². The molecule has 80 valence electrons. The lowest BCUT2D eigenvalue weighted by molar-refractivity contribution is 0.0695. The van der Waals surface area contributed by atoms with Crippen molar-refractivity contribution >= 4 is 5.97 Å². The van der Waals surface area contributed by atoms with Gasteiger partial charge in [0.15, 0.2) is 0 Å². The number of nitrogens with zero attached hydrogens (tertiary/aromatic N) is 1. The van der Waals surface area contributed by atoms with Gasteiger partial charge in [-0.05, 0) is 5.56 Å². The lowest BCUT2D eigenvalue weighted by atomic mass is 10.0. The molecule has 16 heavy (non-hydrogen) atoms. The highest BCUT2D eigenvalue weighted by molar-refractivity contribution is 5.95. The Labute approximate surface area is 90.4 Å². The van der Waals surface area contributed by atoms with Crippen molar-refractivity contribution < 1.29 is 9.90 Å². The number of carbonyl (C=O) groups is 1. The highest BCUT2D eigenvalue weighted by atomic mass is 16.4. The molecule has 0 saturated heterocycles. The van der Waals surface area contributed by atoms with Gasteiger partial charge in [-0.1, -0.05) is 30.3 Å². The summed E-state index contributed by atoms with van der Waals surface area (Å²) in [7, 11) is 0. The molecule has 2 rings (SSSR count). The molecule has 1 aromatic heterocycles. The van der Waals surface area contributed by atoms with Crippen molar-refractivity contribution in [1.82, 2.24) is 10.2 Å². The zero-order valence-corrected chi connectivity index (χ0v) is 8.18. The maximum absolute atomic E-state index is 11.4. The Balaban J connectivity index is 2.71. The zero-order chi connectivity index (χ0) is 11.5. The molecule has 0 aliphatic carbocycles. The van der Waals surface area contributed by atoms with E-state index in [-0.39, 0.29) is 5.56 Å². The largest absolute Gasteiger partial charge is 0.477 e. The standard InChI is InChI=1S/C11H8N2O3/c14-10-9(11(15)16)8(6-12-13-10)7-4-2-1-3-5-7/h1-6H,(H,13,14)(H,15,16). The van der Waals surface area contributed by atoms with Crippen LogP contribution in [-0.4, -0.2) is 21.3 Å². The molecule has 0 saturated carbocycles. The first-order chi connectivity index (χ1) is 7.70. The maximum Gasteiger partial charge on any atom is 0.342 e. The maximum atomic E-state index is 11.4. The summed E-state index contributed by atoms with van der Waals surface area (Å²) >= 11 is 0. The van der Waals surface area contributed by atoms with Gasteiger partial charge in [-0.15, -0.1) is 0 Å². The topological polar surface area (TPSA) is 83.0 Å². The molecular weight excluding hydrogens is 208 g/mol. The third kappa shape index (κ3) is 1.70. The van der Waals surface area contributed by atoms with Crippen LogP contribution in [-0.2, 0) is 0 Å². The molecule has 0 unspecified atom stereocenters. The van der Waals surface area contributed by atoms with E-state index in [1.54, 1.807) is 24.3 Å². The highest BCUT2D eigenvalue weighted by Gasteiger charge is 2.16. The number of carboxylic acid groups (broad SMARTS) is 1. The van der Waals surface area contributed by atoms with Gasteiger partial charge in [-0.3, -0.25) is 4.79 Å². The average molecular weight is 216 g/mol. The van der Waals surface area contributed by atoms with E-state index in [4.69, 9.17) is 5.11 Å². The second-order valence-electron chi connectivity index (χ2n) is 3.16. The van der Waals surface area contributed by atoms with E-state index in [9.17, 15) is 9.59 Å². The molecule has 0 radical (unpaired) electrons. The predicted octanol–water partition coefficient (Wildman–Crippen LogP) is 1.14. The molecule has 0 spiro atoms. The second kappa shape index (κ2) is 3.98. The number of aromatic carboxylic acids is 1. The van der Waals surface area contributed by atoms with Gasteiger partial charge in [0, 0.05) is 5.56 Å². The molecule has 5 nitrogen and oxygen atoms in total. The van der Waals surface area contributed by atoms with Gasteiger partial charge >= 0.3 is 5.97 Å². The van der Waals surface area contributed by atoms with Crippen LogP contribution in [0.25, 0.3) is 11.1 Å². The summed E-state index contributed by atoms with van der Waals surface area (Å²) in [5, 5.41) is 14.7. The number of aromatic nitrogens is 2. The fourth-order valence-corrected chi connectivity index (χ4v) is 1.45. The minimum atomic E-state index is -1.26. The summed E-state index contributed by atoms with van der Waals surface area (Å²) in [5.41, 5.74) is -0.0228. The van der Waals surface area contributed by atoms with Gasteiger partial charge in [0.2, 0.25) is 0 Å². The Hall–Kier alpha value is -2.43. The van der Waals surface area contributed by atoms with Gasteiger partial charge in [0.05, 0.1) is 6.20 Å². The van der Waals surface area contributed by atoms with Crippen molar-refractivity contribution in [3.63, 3.8) is 0 Å². The van der Waals surface area contributed by atoms with E-state index in [0.717, 1.165) is 0 Å². The van der Waals surface area contributed by atoms with Crippen molar-refractivity contribution in [2.24, 2.45) is 0 Å². The molecule has 0 fully saturated rings. The Morgan fingerprint density at radius 3 is 2.56 bits per heavy atom. The van der Waals surface area contributed by atoms with Gasteiger partial charge in [-0.25, -0.2) is 9.89 Å². The summed E-state index contributed by atoms with van der Waals surface area (Å²) < 4.78 is 0. The second-order valence-corrected chi connectivity index (χ2v) is 3.16. The van der Waals surface area contributed by atoms with E-state index in [1.807, 2.05) is 6.07 Å². The van der Waals surface area contributed by atoms with Gasteiger partial charge in [0.1, 0.15) is 5.56 Å². The lowest BCUT2D eigenvalue weighted by Gasteiger charge is -2.03. The molecule has 0 atom stereocenters. The molecule has 0 amide bonds. The summed E-state index contributed by atoms with van der Waals surface area (Å²) in [6, 6.07) is 8.79. The first-order valence-corrected chi connectivity index (χ1v) is 4.56. The number of nitrogens with one attached hydrogen (secondary N) is 1. The number of benzene rings is 1. The Morgan fingerprint density at radius 1 is 1.25 bits per heavy atom. The minimum absolute atomic E-state index is 0.291. The van der Waals surface area contributed by atoms with Crippen molar-refractivity contribution in [3.8, 4) is 11.1 Å². The van der Waals surface area contributed by atoms with E-state index >= 15 is 0 Å². The molecule has 0 aliphatic rings. The van der Waals surface area contributed by atoms with E-state index < -0.39 is 11.5 Å². The number of aromatic amines is 1. The van der Waals surface area contributed by atoms with Crippen LogP contribution in [0.1, 0.15) is 10.4 Å². The third-order valence-electron chi connectivity index (χ3n) is 2.15. The monoisotopic (exact) mass is 216 g/mol. The van der Waals surface area contributed by atoms with Crippen LogP contribution >= 0.6 is 0 Å². The number of carboxylic acids is 1. The van der Waals surface area contributed by atoms with E-state index in [2.05, 4.69) is 10.2 Å². The van der Waals surface area contributed by atoms with Gasteiger partial charge in [-0.2, -0.15) is 5.10 Å². The first-order valence-electron chi connectivity index (χ1n) is 4.56. The fourth-order valence-electron chi connectivity index (χ4n) is 1.45. The highest BCUT2D eigenvalue weighted by Crippen LogP contribution is 2.19. The van der Waals surface area contributed by atoms with Crippen LogP contribution in [0, 0.1) is 0 Å². The molecular formula is C11H8N2O3.